The molecule has 1 aliphatic rings. The van der Waals surface area contributed by atoms with Crippen molar-refractivity contribution < 1.29 is 13.9 Å². The molecule has 0 fully saturated rings. The van der Waals surface area contributed by atoms with E-state index in [1.807, 2.05) is 41.3 Å². The minimum Gasteiger partial charge on any atom is -0.493 e. The lowest BCUT2D eigenvalue weighted by Crippen LogP contribution is -2.38. The summed E-state index contributed by atoms with van der Waals surface area (Å²) in [5, 5.41) is 0. The van der Waals surface area contributed by atoms with Gasteiger partial charge in [0.1, 0.15) is 0 Å². The lowest BCUT2D eigenvalue weighted by molar-refractivity contribution is 0.0694. The van der Waals surface area contributed by atoms with E-state index in [1.165, 1.54) is 5.56 Å². The number of nitrogens with zero attached hydrogens (tertiary/aromatic N) is 1. The Balaban J connectivity index is 1.81. The van der Waals surface area contributed by atoms with Crippen molar-refractivity contribution in [3.63, 3.8) is 0 Å². The normalized spacial score (nSPS) is 15.7. The molecule has 3 nitrogen and oxygen atoms in total. The predicted octanol–water partition coefficient (Wildman–Crippen LogP) is 4.36. The van der Waals surface area contributed by atoms with E-state index in [-0.39, 0.29) is 0 Å². The van der Waals surface area contributed by atoms with Gasteiger partial charge >= 0.3 is 0 Å². The molecule has 1 unspecified atom stereocenters. The average Bonchev–Trinajstić information content (AvgIpc) is 2.62. The molecule has 0 aliphatic carbocycles. The van der Waals surface area contributed by atoms with E-state index in [4.69, 9.17) is 9.47 Å². The van der Waals surface area contributed by atoms with Crippen LogP contribution in [0.2, 0.25) is 0 Å². The maximum absolute atomic E-state index is 14.8. The number of fused-ring (bicyclic) bond motifs is 1. The van der Waals surface area contributed by atoms with Crippen molar-refractivity contribution in [2.24, 2.45) is 0 Å². The molecule has 24 heavy (non-hydrogen) atoms. The Morgan fingerprint density at radius 2 is 1.96 bits per heavy atom. The van der Waals surface area contributed by atoms with Gasteiger partial charge in [-0.3, -0.25) is 4.90 Å². The standard InChI is InChI=1S/C19H21BrFNO2/c1-23-16-11-14-8-9-22(12-15(14)18(20)19(16)24-2)17(21)10-13-6-4-3-5-7-13/h3-7,11,17H,8-10,12H2,1-2H3. The fourth-order valence-electron chi connectivity index (χ4n) is 3.16. The first kappa shape index (κ1) is 17.2. The van der Waals surface area contributed by atoms with Crippen molar-refractivity contribution in [2.75, 3.05) is 20.8 Å². The second-order valence-electron chi connectivity index (χ2n) is 5.91. The Hall–Kier alpha value is -1.59. The van der Waals surface area contributed by atoms with E-state index in [9.17, 15) is 4.39 Å². The Morgan fingerprint density at radius 1 is 1.21 bits per heavy atom. The van der Waals surface area contributed by atoms with Gasteiger partial charge in [-0.05, 0) is 45.1 Å². The maximum Gasteiger partial charge on any atom is 0.175 e. The number of alkyl halides is 1. The highest BCUT2D eigenvalue weighted by Gasteiger charge is 2.27. The third kappa shape index (κ3) is 3.42. The number of halogens is 2. The van der Waals surface area contributed by atoms with Crippen LogP contribution >= 0.6 is 15.9 Å². The summed E-state index contributed by atoms with van der Waals surface area (Å²) in [5.74, 6) is 1.37. The number of rotatable bonds is 5. The van der Waals surface area contributed by atoms with Crippen molar-refractivity contribution in [1.29, 1.82) is 0 Å². The van der Waals surface area contributed by atoms with E-state index in [0.29, 0.717) is 31.0 Å². The number of ether oxygens (including phenoxy) is 2. The molecule has 0 saturated carbocycles. The molecule has 0 amide bonds. The summed E-state index contributed by atoms with van der Waals surface area (Å²) in [6.45, 7) is 1.26. The van der Waals surface area contributed by atoms with Crippen molar-refractivity contribution in [1.82, 2.24) is 4.90 Å². The second-order valence-corrected chi connectivity index (χ2v) is 6.70. The quantitative estimate of drug-likeness (QED) is 0.704. The largest absolute Gasteiger partial charge is 0.493 e. The van der Waals surface area contributed by atoms with Crippen LogP contribution in [0.25, 0.3) is 0 Å². The molecule has 0 N–H and O–H groups in total. The van der Waals surface area contributed by atoms with Gasteiger partial charge in [0, 0.05) is 19.5 Å². The van der Waals surface area contributed by atoms with Gasteiger partial charge < -0.3 is 9.47 Å². The fraction of sp³-hybridized carbons (Fsp3) is 0.368. The summed E-state index contributed by atoms with van der Waals surface area (Å²) in [6.07, 6.45) is 0.199. The molecular weight excluding hydrogens is 373 g/mol. The highest BCUT2D eigenvalue weighted by Crippen LogP contribution is 2.42. The first-order valence-corrected chi connectivity index (χ1v) is 8.77. The summed E-state index contributed by atoms with van der Waals surface area (Å²) >= 11 is 3.61. The molecule has 0 saturated heterocycles. The van der Waals surface area contributed by atoms with Crippen LogP contribution in [0, 0.1) is 0 Å². The van der Waals surface area contributed by atoms with Gasteiger partial charge in [0.25, 0.3) is 0 Å². The molecule has 2 aromatic rings. The first-order chi connectivity index (χ1) is 11.6. The molecule has 0 radical (unpaired) electrons. The summed E-state index contributed by atoms with van der Waals surface area (Å²) in [5.41, 5.74) is 3.28. The van der Waals surface area contributed by atoms with Gasteiger partial charge in [-0.2, -0.15) is 0 Å². The van der Waals surface area contributed by atoms with Crippen LogP contribution in [-0.4, -0.2) is 32.0 Å². The van der Waals surface area contributed by atoms with Crippen molar-refractivity contribution in [3.8, 4) is 11.5 Å². The minimum absolute atomic E-state index is 0.404. The fourth-order valence-corrected chi connectivity index (χ4v) is 3.89. The third-order valence-corrected chi connectivity index (χ3v) is 5.32. The second kappa shape index (κ2) is 7.53. The van der Waals surface area contributed by atoms with Crippen molar-refractivity contribution >= 4 is 15.9 Å². The number of methoxy groups -OCH3 is 2. The monoisotopic (exact) mass is 393 g/mol. The smallest absolute Gasteiger partial charge is 0.175 e. The molecule has 1 heterocycles. The van der Waals surface area contributed by atoms with E-state index in [0.717, 1.165) is 22.0 Å². The number of benzene rings is 2. The molecule has 5 heteroatoms. The maximum atomic E-state index is 14.8. The summed E-state index contributed by atoms with van der Waals surface area (Å²) < 4.78 is 26.5. The number of hydrogen-bond donors (Lipinski definition) is 0. The van der Waals surface area contributed by atoms with Crippen LogP contribution in [0.3, 0.4) is 0 Å². The highest BCUT2D eigenvalue weighted by molar-refractivity contribution is 9.10. The topological polar surface area (TPSA) is 21.7 Å². The summed E-state index contributed by atoms with van der Waals surface area (Å²) in [6, 6.07) is 11.8. The van der Waals surface area contributed by atoms with Crippen LogP contribution in [-0.2, 0) is 19.4 Å². The van der Waals surface area contributed by atoms with Crippen LogP contribution in [0.1, 0.15) is 16.7 Å². The van der Waals surface area contributed by atoms with Crippen LogP contribution < -0.4 is 9.47 Å². The van der Waals surface area contributed by atoms with Gasteiger partial charge in [0.15, 0.2) is 17.8 Å². The zero-order valence-electron chi connectivity index (χ0n) is 13.9. The van der Waals surface area contributed by atoms with Gasteiger partial charge in [-0.1, -0.05) is 30.3 Å². The molecule has 128 valence electrons. The average molecular weight is 394 g/mol. The van der Waals surface area contributed by atoms with Gasteiger partial charge in [0.05, 0.1) is 18.7 Å². The highest BCUT2D eigenvalue weighted by atomic mass is 79.9. The van der Waals surface area contributed by atoms with E-state index in [2.05, 4.69) is 15.9 Å². The number of hydrogen-bond acceptors (Lipinski definition) is 3. The summed E-state index contributed by atoms with van der Waals surface area (Å²) in [4.78, 5) is 1.88. The lowest BCUT2D eigenvalue weighted by Gasteiger charge is -2.32. The molecule has 0 aromatic heterocycles. The molecule has 3 rings (SSSR count). The van der Waals surface area contributed by atoms with E-state index in [1.54, 1.807) is 14.2 Å². The van der Waals surface area contributed by atoms with Crippen LogP contribution in [0.15, 0.2) is 40.9 Å². The van der Waals surface area contributed by atoms with Crippen LogP contribution in [0.5, 0.6) is 11.5 Å². The Morgan fingerprint density at radius 3 is 2.62 bits per heavy atom. The molecule has 2 aromatic carbocycles. The molecular formula is C19H21BrFNO2. The SMILES string of the molecule is COc1cc2c(c(Br)c1OC)CN(C(F)Cc1ccccc1)CC2. The Bertz CT molecular complexity index is 708. The first-order valence-electron chi connectivity index (χ1n) is 7.98. The zero-order chi connectivity index (χ0) is 17.1. The van der Waals surface area contributed by atoms with Gasteiger partial charge in [0.2, 0.25) is 0 Å². The van der Waals surface area contributed by atoms with E-state index < -0.39 is 6.30 Å². The predicted molar refractivity (Wildman–Crippen MR) is 96.4 cm³/mol. The molecule has 1 atom stereocenters. The van der Waals surface area contributed by atoms with Crippen molar-refractivity contribution in [3.05, 3.63) is 57.6 Å². The van der Waals surface area contributed by atoms with Gasteiger partial charge in [-0.25, -0.2) is 4.39 Å². The third-order valence-electron chi connectivity index (χ3n) is 4.48. The zero-order valence-corrected chi connectivity index (χ0v) is 15.5. The molecule has 0 spiro atoms. The Kier molecular flexibility index (Phi) is 5.41. The molecule has 1 aliphatic heterocycles. The van der Waals surface area contributed by atoms with Gasteiger partial charge in [-0.15, -0.1) is 0 Å². The lowest BCUT2D eigenvalue weighted by atomic mass is 9.98. The minimum atomic E-state index is -0.999. The van der Waals surface area contributed by atoms with Crippen LogP contribution in [0.4, 0.5) is 4.39 Å². The van der Waals surface area contributed by atoms with E-state index >= 15 is 0 Å². The Labute approximate surface area is 150 Å². The summed E-state index contributed by atoms with van der Waals surface area (Å²) in [7, 11) is 3.24. The van der Waals surface area contributed by atoms with Crippen molar-refractivity contribution in [2.45, 2.75) is 25.7 Å². The molecule has 0 bridgehead atoms.